The van der Waals surface area contributed by atoms with Gasteiger partial charge in [-0.25, -0.2) is 4.98 Å². The van der Waals surface area contributed by atoms with E-state index in [9.17, 15) is 9.59 Å². The average molecular weight is 348 g/mol. The first-order valence-electron chi connectivity index (χ1n) is 8.76. The summed E-state index contributed by atoms with van der Waals surface area (Å²) >= 11 is 0. The number of pyridine rings is 1. The maximum atomic E-state index is 12.5. The second-order valence-electron chi connectivity index (χ2n) is 6.50. The molecule has 0 bridgehead atoms. The van der Waals surface area contributed by atoms with E-state index in [1.165, 1.54) is 0 Å². The Morgan fingerprint density at radius 2 is 2.12 bits per heavy atom. The Balaban J connectivity index is 1.41. The fourth-order valence-corrected chi connectivity index (χ4v) is 3.25. The lowest BCUT2D eigenvalue weighted by Crippen LogP contribution is -2.25. The molecule has 2 aromatic heterocycles. The van der Waals surface area contributed by atoms with Crippen molar-refractivity contribution >= 4 is 17.5 Å². The van der Waals surface area contributed by atoms with Crippen molar-refractivity contribution in [1.82, 2.24) is 19.6 Å². The van der Waals surface area contributed by atoms with Gasteiger partial charge in [0.15, 0.2) is 0 Å². The van der Waals surface area contributed by atoms with E-state index in [0.29, 0.717) is 25.1 Å². The highest BCUT2D eigenvalue weighted by Crippen LogP contribution is 2.15. The summed E-state index contributed by atoms with van der Waals surface area (Å²) in [6.45, 7) is 1.73. The maximum Gasteiger partial charge on any atom is 0.251 e. The molecule has 1 aliphatic heterocycles. The van der Waals surface area contributed by atoms with Crippen molar-refractivity contribution in [2.24, 2.45) is 0 Å². The molecule has 0 atom stereocenters. The predicted molar refractivity (Wildman–Crippen MR) is 97.5 cm³/mol. The van der Waals surface area contributed by atoms with Gasteiger partial charge in [-0.2, -0.15) is 0 Å². The van der Waals surface area contributed by atoms with Crippen molar-refractivity contribution in [3.8, 4) is 0 Å². The number of benzene rings is 1. The van der Waals surface area contributed by atoms with E-state index in [-0.39, 0.29) is 11.8 Å². The van der Waals surface area contributed by atoms with E-state index in [1.54, 1.807) is 6.07 Å². The third-order valence-electron chi connectivity index (χ3n) is 4.58. The zero-order valence-electron chi connectivity index (χ0n) is 14.4. The highest BCUT2D eigenvalue weighted by molar-refractivity contribution is 5.94. The van der Waals surface area contributed by atoms with Crippen molar-refractivity contribution in [3.05, 3.63) is 71.7 Å². The SMILES string of the molecule is O=C(NCc1cn2ccccc2n1)c1cccc(CN2CCCC2=O)c1. The lowest BCUT2D eigenvalue weighted by atomic mass is 10.1. The minimum absolute atomic E-state index is 0.142. The number of nitrogens with one attached hydrogen (secondary N) is 1. The van der Waals surface area contributed by atoms with Gasteiger partial charge in [0.1, 0.15) is 5.65 Å². The number of aromatic nitrogens is 2. The molecular weight excluding hydrogens is 328 g/mol. The number of rotatable bonds is 5. The van der Waals surface area contributed by atoms with E-state index < -0.39 is 0 Å². The zero-order chi connectivity index (χ0) is 17.9. The molecule has 0 unspecified atom stereocenters. The third kappa shape index (κ3) is 3.44. The number of imidazole rings is 1. The summed E-state index contributed by atoms with van der Waals surface area (Å²) < 4.78 is 1.93. The smallest absolute Gasteiger partial charge is 0.251 e. The standard InChI is InChI=1S/C20H20N4O2/c25-19-8-4-10-24(19)13-15-5-3-6-16(11-15)20(26)21-12-17-14-23-9-2-1-7-18(23)22-17/h1-3,5-7,9,11,14H,4,8,10,12-13H2,(H,21,26). The van der Waals surface area contributed by atoms with Crippen LogP contribution in [0.25, 0.3) is 5.65 Å². The first-order chi connectivity index (χ1) is 12.7. The topological polar surface area (TPSA) is 66.7 Å². The predicted octanol–water partition coefficient (Wildman–Crippen LogP) is 2.39. The fraction of sp³-hybridized carbons (Fsp3) is 0.250. The molecule has 26 heavy (non-hydrogen) atoms. The van der Waals surface area contributed by atoms with E-state index in [4.69, 9.17) is 0 Å². The Kier molecular flexibility index (Phi) is 4.39. The van der Waals surface area contributed by atoms with Crippen LogP contribution in [0.5, 0.6) is 0 Å². The maximum absolute atomic E-state index is 12.5. The van der Waals surface area contributed by atoms with Crippen molar-refractivity contribution in [2.75, 3.05) is 6.54 Å². The Bertz CT molecular complexity index is 930. The number of amides is 2. The highest BCUT2D eigenvalue weighted by Gasteiger charge is 2.20. The molecule has 1 aliphatic rings. The van der Waals surface area contributed by atoms with Gasteiger partial charge >= 0.3 is 0 Å². The summed E-state index contributed by atoms with van der Waals surface area (Å²) in [5.74, 6) is 0.0448. The van der Waals surface area contributed by atoms with Gasteiger partial charge in [0, 0.05) is 37.5 Å². The zero-order valence-corrected chi connectivity index (χ0v) is 14.4. The van der Waals surface area contributed by atoms with Gasteiger partial charge in [-0.1, -0.05) is 18.2 Å². The molecule has 3 heterocycles. The molecule has 2 amide bonds. The number of hydrogen-bond donors (Lipinski definition) is 1. The monoisotopic (exact) mass is 348 g/mol. The number of hydrogen-bond acceptors (Lipinski definition) is 3. The normalized spacial score (nSPS) is 14.2. The molecule has 1 saturated heterocycles. The number of carbonyl (C=O) groups excluding carboxylic acids is 2. The van der Waals surface area contributed by atoms with Crippen molar-refractivity contribution in [2.45, 2.75) is 25.9 Å². The second-order valence-corrected chi connectivity index (χ2v) is 6.50. The minimum atomic E-state index is -0.142. The highest BCUT2D eigenvalue weighted by atomic mass is 16.2. The number of likely N-dealkylation sites (tertiary alicyclic amines) is 1. The molecule has 0 spiro atoms. The van der Waals surface area contributed by atoms with Crippen LogP contribution >= 0.6 is 0 Å². The van der Waals surface area contributed by atoms with Gasteiger partial charge in [0.25, 0.3) is 5.91 Å². The summed E-state index contributed by atoms with van der Waals surface area (Å²) in [6.07, 6.45) is 5.37. The van der Waals surface area contributed by atoms with Crippen LogP contribution in [0.2, 0.25) is 0 Å². The molecule has 1 aromatic carbocycles. The summed E-state index contributed by atoms with van der Waals surface area (Å²) in [5, 5.41) is 2.91. The van der Waals surface area contributed by atoms with Gasteiger partial charge in [0.2, 0.25) is 5.91 Å². The van der Waals surface area contributed by atoms with Gasteiger partial charge in [-0.05, 0) is 36.2 Å². The van der Waals surface area contributed by atoms with E-state index >= 15 is 0 Å². The second kappa shape index (κ2) is 7.00. The summed E-state index contributed by atoms with van der Waals surface area (Å²) in [5.41, 5.74) is 3.23. The van der Waals surface area contributed by atoms with E-state index in [2.05, 4.69) is 10.3 Å². The van der Waals surface area contributed by atoms with Crippen LogP contribution in [0.1, 0.15) is 34.5 Å². The van der Waals surface area contributed by atoms with Crippen LogP contribution in [0.15, 0.2) is 54.9 Å². The third-order valence-corrected chi connectivity index (χ3v) is 4.58. The molecule has 1 fully saturated rings. The van der Waals surface area contributed by atoms with Crippen LogP contribution in [-0.4, -0.2) is 32.6 Å². The van der Waals surface area contributed by atoms with Gasteiger partial charge in [-0.15, -0.1) is 0 Å². The Labute approximate surface area is 151 Å². The molecule has 6 heteroatoms. The van der Waals surface area contributed by atoms with Crippen molar-refractivity contribution < 1.29 is 9.59 Å². The van der Waals surface area contributed by atoms with Crippen molar-refractivity contribution in [3.63, 3.8) is 0 Å². The average Bonchev–Trinajstić information content (AvgIpc) is 3.26. The largest absolute Gasteiger partial charge is 0.346 e. The van der Waals surface area contributed by atoms with Gasteiger partial charge in [-0.3, -0.25) is 9.59 Å². The van der Waals surface area contributed by atoms with Crippen LogP contribution in [0.4, 0.5) is 0 Å². The van der Waals surface area contributed by atoms with Gasteiger partial charge < -0.3 is 14.6 Å². The minimum Gasteiger partial charge on any atom is -0.346 e. The summed E-state index contributed by atoms with van der Waals surface area (Å²) in [4.78, 5) is 30.5. The van der Waals surface area contributed by atoms with Crippen LogP contribution in [0, 0.1) is 0 Å². The Hall–Kier alpha value is -3.15. The fourth-order valence-electron chi connectivity index (χ4n) is 3.25. The van der Waals surface area contributed by atoms with E-state index in [0.717, 1.165) is 29.9 Å². The van der Waals surface area contributed by atoms with Crippen molar-refractivity contribution in [1.29, 1.82) is 0 Å². The first kappa shape index (κ1) is 16.3. The van der Waals surface area contributed by atoms with E-state index in [1.807, 2.05) is 58.1 Å². The van der Waals surface area contributed by atoms with Crippen LogP contribution in [0.3, 0.4) is 0 Å². The van der Waals surface area contributed by atoms with Crippen LogP contribution in [-0.2, 0) is 17.9 Å². The van der Waals surface area contributed by atoms with Crippen LogP contribution < -0.4 is 5.32 Å². The Morgan fingerprint density at radius 3 is 2.92 bits per heavy atom. The first-order valence-corrected chi connectivity index (χ1v) is 8.76. The molecule has 0 saturated carbocycles. The summed E-state index contributed by atoms with van der Waals surface area (Å²) in [7, 11) is 0. The summed E-state index contributed by atoms with van der Waals surface area (Å²) in [6, 6.07) is 13.2. The number of nitrogens with zero attached hydrogens (tertiary/aromatic N) is 3. The molecule has 4 rings (SSSR count). The number of carbonyl (C=O) groups is 2. The number of fused-ring (bicyclic) bond motifs is 1. The van der Waals surface area contributed by atoms with Gasteiger partial charge in [0.05, 0.1) is 12.2 Å². The molecule has 1 N–H and O–H groups in total. The molecule has 3 aromatic rings. The molecule has 0 radical (unpaired) electrons. The molecule has 6 nitrogen and oxygen atoms in total. The lowest BCUT2D eigenvalue weighted by Gasteiger charge is -2.16. The molecular formula is C20H20N4O2. The lowest BCUT2D eigenvalue weighted by molar-refractivity contribution is -0.128. The quantitative estimate of drug-likeness (QED) is 0.770. The Morgan fingerprint density at radius 1 is 1.19 bits per heavy atom. The molecule has 0 aliphatic carbocycles. The molecule has 132 valence electrons.